The Morgan fingerprint density at radius 2 is 0.886 bits per heavy atom. The van der Waals surface area contributed by atoms with Crippen LogP contribution in [0.1, 0.15) is 55.4 Å². The van der Waals surface area contributed by atoms with E-state index in [0.717, 1.165) is 45.1 Å². The second-order valence-electron chi connectivity index (χ2n) is 14.0. The summed E-state index contributed by atoms with van der Waals surface area (Å²) in [6, 6.07) is 31.4. The van der Waals surface area contributed by atoms with Crippen LogP contribution >= 0.6 is 0 Å². The fraction of sp³-hybridized carbons (Fsp3) is 0.333. The molecule has 3 aliphatic rings. The fourth-order valence-electron chi connectivity index (χ4n) is 5.80. The molecule has 7 rings (SSSR count). The normalized spacial score (nSPS) is 20.7. The number of hydrogen-bond acceptors (Lipinski definition) is 6. The summed E-state index contributed by atoms with van der Waals surface area (Å²) in [5, 5.41) is 0. The van der Waals surface area contributed by atoms with Crippen LogP contribution in [0.5, 0.6) is 11.5 Å². The molecule has 0 saturated carbocycles. The van der Waals surface area contributed by atoms with E-state index in [2.05, 4.69) is 121 Å². The third-order valence-corrected chi connectivity index (χ3v) is 9.95. The molecule has 0 spiro atoms. The lowest BCUT2D eigenvalue weighted by Gasteiger charge is -2.34. The third kappa shape index (κ3) is 4.76. The lowest BCUT2D eigenvalue weighted by Crippen LogP contribution is -2.41. The Balaban J connectivity index is 1.33. The predicted molar refractivity (Wildman–Crippen MR) is 178 cm³/mol. The summed E-state index contributed by atoms with van der Waals surface area (Å²) >= 11 is 0. The van der Waals surface area contributed by atoms with Gasteiger partial charge in [-0.2, -0.15) is 0 Å². The highest BCUT2D eigenvalue weighted by Gasteiger charge is 2.53. The Bertz CT molecular complexity index is 1600. The van der Waals surface area contributed by atoms with Crippen LogP contribution in [0.3, 0.4) is 0 Å². The summed E-state index contributed by atoms with van der Waals surface area (Å²) in [6.45, 7) is 16.6. The van der Waals surface area contributed by atoms with Gasteiger partial charge in [-0.3, -0.25) is 0 Å². The number of rotatable bonds is 4. The summed E-state index contributed by atoms with van der Waals surface area (Å²) in [7, 11) is -0.991. The Hall–Kier alpha value is -3.55. The van der Waals surface area contributed by atoms with Gasteiger partial charge in [0.25, 0.3) is 0 Å². The van der Waals surface area contributed by atoms with Crippen molar-refractivity contribution >= 4 is 42.2 Å². The van der Waals surface area contributed by atoms with E-state index in [9.17, 15) is 0 Å². The van der Waals surface area contributed by atoms with Crippen molar-refractivity contribution in [3.05, 3.63) is 91.0 Å². The average Bonchev–Trinajstić information content (AvgIpc) is 3.35. The van der Waals surface area contributed by atoms with Gasteiger partial charge in [-0.05, 0) is 114 Å². The molecule has 6 nitrogen and oxygen atoms in total. The number of benzene rings is 4. The monoisotopic (exact) mass is 587 g/mol. The first kappa shape index (κ1) is 29.2. The molecule has 3 aliphatic heterocycles. The molecule has 0 unspecified atom stereocenters. The standard InChI is InChI=1S/C36H39B2NO5/c1-33(2)34(3,4)42-37(41-33)26-16-20-31-29(22-26)39(28-18-14-25(15-19-28)24-12-10-9-11-13-24)30-23-27(17-21-32(30)40-31)38-43-35(5,6)36(7,8)44-38/h9-23H,1-8H3. The van der Waals surface area contributed by atoms with Gasteiger partial charge in [0.2, 0.25) is 0 Å². The molecule has 0 aliphatic carbocycles. The van der Waals surface area contributed by atoms with E-state index in [4.69, 9.17) is 23.4 Å². The second-order valence-corrected chi connectivity index (χ2v) is 14.0. The van der Waals surface area contributed by atoms with Gasteiger partial charge >= 0.3 is 14.2 Å². The molecule has 0 atom stereocenters. The first-order chi connectivity index (χ1) is 20.7. The van der Waals surface area contributed by atoms with E-state index in [1.165, 1.54) is 5.56 Å². The van der Waals surface area contributed by atoms with Crippen LogP contribution in [0.15, 0.2) is 91.0 Å². The maximum Gasteiger partial charge on any atom is 0.494 e. The lowest BCUT2D eigenvalue weighted by atomic mass is 9.78. The number of hydrogen-bond donors (Lipinski definition) is 0. The van der Waals surface area contributed by atoms with Gasteiger partial charge in [-0.25, -0.2) is 0 Å². The molecule has 3 heterocycles. The minimum atomic E-state index is -0.495. The van der Waals surface area contributed by atoms with Crippen LogP contribution in [0.25, 0.3) is 11.1 Å². The van der Waals surface area contributed by atoms with Crippen molar-refractivity contribution in [2.75, 3.05) is 4.90 Å². The summed E-state index contributed by atoms with van der Waals surface area (Å²) in [5.41, 5.74) is 5.24. The molecule has 224 valence electrons. The van der Waals surface area contributed by atoms with Gasteiger partial charge in [0, 0.05) is 5.69 Å². The lowest BCUT2D eigenvalue weighted by molar-refractivity contribution is 0.00578. The van der Waals surface area contributed by atoms with Crippen molar-refractivity contribution in [1.29, 1.82) is 0 Å². The highest BCUT2D eigenvalue weighted by atomic mass is 16.7. The van der Waals surface area contributed by atoms with Crippen molar-refractivity contribution in [3.63, 3.8) is 0 Å². The Morgan fingerprint density at radius 1 is 0.477 bits per heavy atom. The van der Waals surface area contributed by atoms with Gasteiger partial charge in [0.1, 0.15) is 0 Å². The van der Waals surface area contributed by atoms with Crippen molar-refractivity contribution in [2.45, 2.75) is 77.8 Å². The highest BCUT2D eigenvalue weighted by Crippen LogP contribution is 2.50. The van der Waals surface area contributed by atoms with E-state index in [1.54, 1.807) is 0 Å². The Labute approximate surface area is 261 Å². The maximum absolute atomic E-state index is 6.52. The largest absolute Gasteiger partial charge is 0.494 e. The molecule has 0 radical (unpaired) electrons. The third-order valence-electron chi connectivity index (χ3n) is 9.95. The SMILES string of the molecule is CC1(C)OB(c2ccc3c(c2)N(c2ccc(-c4ccccc4)cc2)c2cc(B4OC(C)(C)C(C)(C)O4)ccc2O3)OC1(C)C. The zero-order chi connectivity index (χ0) is 31.1. The summed E-state index contributed by atoms with van der Waals surface area (Å²) in [4.78, 5) is 2.24. The van der Waals surface area contributed by atoms with Gasteiger partial charge in [0.15, 0.2) is 11.5 Å². The maximum atomic E-state index is 6.52. The van der Waals surface area contributed by atoms with Crippen LogP contribution in [0.2, 0.25) is 0 Å². The molecule has 0 N–H and O–H groups in total. The number of ether oxygens (including phenoxy) is 1. The first-order valence-electron chi connectivity index (χ1n) is 15.4. The summed E-state index contributed by atoms with van der Waals surface area (Å²) in [6.07, 6.45) is 0. The average molecular weight is 587 g/mol. The van der Waals surface area contributed by atoms with E-state index >= 15 is 0 Å². The summed E-state index contributed by atoms with van der Waals surface area (Å²) < 4.78 is 32.2. The van der Waals surface area contributed by atoms with Crippen LogP contribution < -0.4 is 20.6 Å². The fourth-order valence-corrected chi connectivity index (χ4v) is 5.80. The van der Waals surface area contributed by atoms with Gasteiger partial charge in [-0.1, -0.05) is 54.6 Å². The zero-order valence-electron chi connectivity index (χ0n) is 26.8. The van der Waals surface area contributed by atoms with E-state index in [1.807, 2.05) is 30.3 Å². The smallest absolute Gasteiger partial charge is 0.453 e. The number of nitrogens with zero attached hydrogens (tertiary/aromatic N) is 1. The molecule has 0 amide bonds. The van der Waals surface area contributed by atoms with E-state index in [0.29, 0.717) is 0 Å². The molecule has 0 aromatic heterocycles. The molecular formula is C36H39B2NO5. The van der Waals surface area contributed by atoms with E-state index < -0.39 is 36.6 Å². The van der Waals surface area contributed by atoms with Gasteiger partial charge < -0.3 is 28.3 Å². The van der Waals surface area contributed by atoms with Crippen molar-refractivity contribution < 1.29 is 23.4 Å². The molecule has 2 fully saturated rings. The molecule has 4 aromatic rings. The van der Waals surface area contributed by atoms with Crippen LogP contribution in [-0.4, -0.2) is 36.6 Å². The summed E-state index contributed by atoms with van der Waals surface area (Å²) in [5.74, 6) is 1.52. The topological polar surface area (TPSA) is 49.4 Å². The predicted octanol–water partition coefficient (Wildman–Crippen LogP) is 7.53. The Kier molecular flexibility index (Phi) is 6.62. The van der Waals surface area contributed by atoms with Crippen molar-refractivity contribution in [1.82, 2.24) is 0 Å². The molecular weight excluding hydrogens is 548 g/mol. The van der Waals surface area contributed by atoms with Gasteiger partial charge in [-0.15, -0.1) is 0 Å². The van der Waals surface area contributed by atoms with Crippen molar-refractivity contribution in [2.24, 2.45) is 0 Å². The molecule has 8 heteroatoms. The quantitative estimate of drug-likeness (QED) is 0.203. The van der Waals surface area contributed by atoms with Crippen molar-refractivity contribution in [3.8, 4) is 22.6 Å². The zero-order valence-corrected chi connectivity index (χ0v) is 26.8. The molecule has 2 saturated heterocycles. The first-order valence-corrected chi connectivity index (χ1v) is 15.4. The molecule has 0 bridgehead atoms. The second kappa shape index (κ2) is 9.98. The number of fused-ring (bicyclic) bond motifs is 2. The number of anilines is 3. The van der Waals surface area contributed by atoms with Gasteiger partial charge in [0.05, 0.1) is 33.8 Å². The van der Waals surface area contributed by atoms with E-state index in [-0.39, 0.29) is 0 Å². The van der Waals surface area contributed by atoms with Crippen LogP contribution in [-0.2, 0) is 18.6 Å². The Morgan fingerprint density at radius 3 is 1.32 bits per heavy atom. The molecule has 4 aromatic carbocycles. The minimum absolute atomic E-state index is 0.443. The van der Waals surface area contributed by atoms with Crippen LogP contribution in [0, 0.1) is 0 Å². The molecule has 44 heavy (non-hydrogen) atoms. The highest BCUT2D eigenvalue weighted by molar-refractivity contribution is 6.62. The van der Waals surface area contributed by atoms with Crippen LogP contribution in [0.4, 0.5) is 17.1 Å². The minimum Gasteiger partial charge on any atom is -0.453 e.